The Balaban J connectivity index is 0.977. The summed E-state index contributed by atoms with van der Waals surface area (Å²) in [5, 5.41) is 12.7. The van der Waals surface area contributed by atoms with Gasteiger partial charge in [-0.05, 0) is 88.5 Å². The van der Waals surface area contributed by atoms with Crippen LogP contribution in [0.4, 0.5) is 4.79 Å². The molecule has 1 amide bonds. The Kier molecular flexibility index (Phi) is 15.3. The molecule has 1 heterocycles. The van der Waals surface area contributed by atoms with Crippen LogP contribution >= 0.6 is 0 Å². The van der Waals surface area contributed by atoms with Crippen LogP contribution in [-0.2, 0) is 39.6 Å². The molecule has 2 N–H and O–H groups in total. The second-order valence-electron chi connectivity index (χ2n) is 17.0. The number of carbonyl (C=O) groups is 6. The minimum absolute atomic E-state index is 0.0119. The molecule has 1 aliphatic carbocycles. The summed E-state index contributed by atoms with van der Waals surface area (Å²) in [6.45, 7) is -0.576. The summed E-state index contributed by atoms with van der Waals surface area (Å²) in [6, 6.07) is 52.5. The third-order valence-corrected chi connectivity index (χ3v) is 12.3. The van der Waals surface area contributed by atoms with Crippen LogP contribution in [0.15, 0.2) is 194 Å². The van der Waals surface area contributed by atoms with Crippen molar-refractivity contribution >= 4 is 35.9 Å². The van der Waals surface area contributed by atoms with Gasteiger partial charge in [-0.1, -0.05) is 133 Å². The minimum Gasteiger partial charge on any atom is -0.480 e. The van der Waals surface area contributed by atoms with Gasteiger partial charge in [-0.3, -0.25) is 0 Å². The molecule has 0 radical (unpaired) electrons. The summed E-state index contributed by atoms with van der Waals surface area (Å²) in [6.07, 6.45) is -9.01. The van der Waals surface area contributed by atoms with Gasteiger partial charge in [0, 0.05) is 12.3 Å². The predicted octanol–water partition coefficient (Wildman–Crippen LogP) is 8.86. The van der Waals surface area contributed by atoms with Crippen molar-refractivity contribution in [1.82, 2.24) is 5.32 Å². The first-order valence-electron chi connectivity index (χ1n) is 23.3. The fourth-order valence-electron chi connectivity index (χ4n) is 8.68. The van der Waals surface area contributed by atoms with Gasteiger partial charge >= 0.3 is 35.9 Å². The molecule has 73 heavy (non-hydrogen) atoms. The van der Waals surface area contributed by atoms with Gasteiger partial charge in [-0.15, -0.1) is 0 Å². The average Bonchev–Trinajstić information content (AvgIpc) is 3.75. The van der Waals surface area contributed by atoms with E-state index in [4.69, 9.17) is 33.2 Å². The molecular weight excluding hydrogens is 935 g/mol. The topological polar surface area (TPSA) is 199 Å². The predicted molar refractivity (Wildman–Crippen MR) is 263 cm³/mol. The second-order valence-corrected chi connectivity index (χ2v) is 17.0. The Morgan fingerprint density at radius 3 is 1.41 bits per heavy atom. The van der Waals surface area contributed by atoms with Crippen LogP contribution in [0.25, 0.3) is 11.1 Å². The third kappa shape index (κ3) is 11.8. The summed E-state index contributed by atoms with van der Waals surface area (Å²) >= 11 is 0. The highest BCUT2D eigenvalue weighted by molar-refractivity contribution is 5.92. The summed E-state index contributed by atoms with van der Waals surface area (Å²) in [5.74, 6) is -4.77. The van der Waals surface area contributed by atoms with Crippen LogP contribution in [0, 0.1) is 0 Å². The number of alkyl carbamates (subject to hydrolysis) is 1. The lowest BCUT2D eigenvalue weighted by atomic mass is 9.97. The number of nitrogens with one attached hydrogen (secondary N) is 1. The van der Waals surface area contributed by atoms with E-state index in [0.717, 1.165) is 22.3 Å². The maximum Gasteiger partial charge on any atom is 0.407 e. The van der Waals surface area contributed by atoms with E-state index in [9.17, 15) is 33.9 Å². The van der Waals surface area contributed by atoms with Gasteiger partial charge in [0.25, 0.3) is 0 Å². The van der Waals surface area contributed by atoms with E-state index in [1.54, 1.807) is 97.1 Å². The van der Waals surface area contributed by atoms with Crippen LogP contribution in [0.3, 0.4) is 0 Å². The number of ether oxygens (including phenoxy) is 7. The molecule has 1 aliphatic heterocycles. The molecule has 0 unspecified atom stereocenters. The van der Waals surface area contributed by atoms with Crippen molar-refractivity contribution < 1.29 is 67.0 Å². The van der Waals surface area contributed by atoms with Gasteiger partial charge in [0.1, 0.15) is 31.1 Å². The minimum atomic E-state index is -1.66. The third-order valence-electron chi connectivity index (χ3n) is 12.3. The lowest BCUT2D eigenvalue weighted by molar-refractivity contribution is -0.275. The van der Waals surface area contributed by atoms with E-state index in [1.165, 1.54) is 48.5 Å². The largest absolute Gasteiger partial charge is 0.480 e. The van der Waals surface area contributed by atoms with E-state index in [2.05, 4.69) is 5.32 Å². The van der Waals surface area contributed by atoms with Gasteiger partial charge in [0.05, 0.1) is 22.3 Å². The van der Waals surface area contributed by atoms with Crippen molar-refractivity contribution in [2.24, 2.45) is 0 Å². The molecule has 1 saturated heterocycles. The number of benzene rings is 7. The Bertz CT molecular complexity index is 3020. The highest BCUT2D eigenvalue weighted by Gasteiger charge is 2.54. The van der Waals surface area contributed by atoms with Gasteiger partial charge in [0.15, 0.2) is 12.2 Å². The summed E-state index contributed by atoms with van der Waals surface area (Å²) in [4.78, 5) is 80.9. The first-order chi connectivity index (χ1) is 35.6. The molecular formula is C58H47NO14. The molecule has 0 spiro atoms. The zero-order valence-corrected chi connectivity index (χ0v) is 38.9. The Morgan fingerprint density at radius 1 is 0.479 bits per heavy atom. The van der Waals surface area contributed by atoms with Gasteiger partial charge < -0.3 is 43.6 Å². The van der Waals surface area contributed by atoms with Gasteiger partial charge in [-0.2, -0.15) is 0 Å². The Labute approximate surface area is 419 Å². The molecule has 0 aromatic heterocycles. The highest BCUT2D eigenvalue weighted by atomic mass is 16.7. The number of amides is 1. The van der Waals surface area contributed by atoms with Crippen LogP contribution < -0.4 is 10.1 Å². The number of hydrogen-bond donors (Lipinski definition) is 2. The van der Waals surface area contributed by atoms with Crippen LogP contribution in [0.1, 0.15) is 64.0 Å². The van der Waals surface area contributed by atoms with Crippen molar-refractivity contribution in [3.8, 4) is 16.9 Å². The molecule has 15 heteroatoms. The van der Waals surface area contributed by atoms with Gasteiger partial charge in [-0.25, -0.2) is 28.8 Å². The van der Waals surface area contributed by atoms with Crippen LogP contribution in [0.5, 0.6) is 5.75 Å². The molecule has 9 rings (SSSR count). The quantitative estimate of drug-likeness (QED) is 0.0648. The Hall–Kier alpha value is -9.08. The van der Waals surface area contributed by atoms with E-state index < -0.39 is 79.3 Å². The smallest absolute Gasteiger partial charge is 0.407 e. The Morgan fingerprint density at radius 2 is 0.918 bits per heavy atom. The highest BCUT2D eigenvalue weighted by Crippen LogP contribution is 2.44. The summed E-state index contributed by atoms with van der Waals surface area (Å²) in [7, 11) is 0. The second kappa shape index (κ2) is 22.8. The first kappa shape index (κ1) is 48.9. The maximum atomic E-state index is 14.0. The summed E-state index contributed by atoms with van der Waals surface area (Å²) in [5.41, 5.74) is 5.16. The molecule has 1 fully saturated rings. The molecule has 368 valence electrons. The fourth-order valence-corrected chi connectivity index (χ4v) is 8.68. The number of fused-ring (bicyclic) bond motifs is 3. The number of aliphatic carboxylic acids is 1. The van der Waals surface area contributed by atoms with Crippen molar-refractivity contribution in [2.45, 2.75) is 49.1 Å². The number of carboxylic acids is 1. The molecule has 0 bridgehead atoms. The normalized spacial score (nSPS) is 18.1. The number of rotatable bonds is 17. The molecule has 7 aromatic rings. The standard InChI is InChI=1S/C58H47NO14/c60-52(61)47(59-58(66)68-34-46-44-27-15-13-25-42(44)43-26-14-16-28-45(43)46)33-36-29-31-41(32-30-36)69-57-51(73-56(65)40-23-11-4-12-24-40)50(72-55(64)39-21-9-3-10-22-39)49(71-54(63)38-19-7-2-8-20-38)48(70-57)35-67-53(62)37-17-5-1-6-18-37/h1-32,46-51,57H,33-35H2,(H,59,66)(H,60,61)/t47-,48+,49-,50-,51+,57+/m0/s1. The molecule has 6 atom stereocenters. The lowest BCUT2D eigenvalue weighted by Crippen LogP contribution is -2.63. The van der Waals surface area contributed by atoms with Crippen molar-refractivity contribution in [1.29, 1.82) is 0 Å². The lowest BCUT2D eigenvalue weighted by Gasteiger charge is -2.44. The van der Waals surface area contributed by atoms with Crippen LogP contribution in [-0.4, -0.2) is 91.0 Å². The van der Waals surface area contributed by atoms with Crippen molar-refractivity contribution in [3.63, 3.8) is 0 Å². The first-order valence-corrected chi connectivity index (χ1v) is 23.3. The SMILES string of the molecule is O=C(N[C@@H](Cc1ccc(O[C@@H]2O[C@H](COC(=O)c3ccccc3)[C@H](OC(=O)c3ccccc3)[C@H](OC(=O)c3ccccc3)[C@H]2OC(=O)c2ccccc2)cc1)C(=O)O)OCC1c2ccccc2-c2ccccc21. The van der Waals surface area contributed by atoms with E-state index >= 15 is 0 Å². The fraction of sp³-hybridized carbons (Fsp3) is 0.172. The van der Waals surface area contributed by atoms with E-state index in [-0.39, 0.29) is 46.9 Å². The number of carboxylic acid groups (broad SMARTS) is 1. The molecule has 2 aliphatic rings. The molecule has 0 saturated carbocycles. The summed E-state index contributed by atoms with van der Waals surface area (Å²) < 4.78 is 42.6. The number of carbonyl (C=O) groups excluding carboxylic acids is 5. The maximum absolute atomic E-state index is 14.0. The molecule has 15 nitrogen and oxygen atoms in total. The van der Waals surface area contributed by atoms with Gasteiger partial charge in [0.2, 0.25) is 12.4 Å². The average molecular weight is 982 g/mol. The van der Waals surface area contributed by atoms with Crippen molar-refractivity contribution in [2.75, 3.05) is 13.2 Å². The number of hydrogen-bond acceptors (Lipinski definition) is 13. The van der Waals surface area contributed by atoms with Crippen LogP contribution in [0.2, 0.25) is 0 Å². The monoisotopic (exact) mass is 981 g/mol. The van der Waals surface area contributed by atoms with Crippen molar-refractivity contribution in [3.05, 3.63) is 233 Å². The zero-order valence-electron chi connectivity index (χ0n) is 38.9. The van der Waals surface area contributed by atoms with E-state index in [0.29, 0.717) is 5.56 Å². The van der Waals surface area contributed by atoms with E-state index in [1.807, 2.05) is 48.5 Å². The zero-order chi connectivity index (χ0) is 50.7. The molecule has 7 aromatic carbocycles. The number of esters is 4.